The van der Waals surface area contributed by atoms with Gasteiger partial charge in [-0.3, -0.25) is 4.79 Å². The van der Waals surface area contributed by atoms with Crippen LogP contribution in [-0.4, -0.2) is 12.3 Å². The first-order valence-electron chi connectivity index (χ1n) is 6.91. The lowest BCUT2D eigenvalue weighted by Gasteiger charge is -2.25. The summed E-state index contributed by atoms with van der Waals surface area (Å²) in [6.07, 6.45) is 0.0200. The normalized spacial score (nSPS) is 17.3. The second-order valence-electron chi connectivity index (χ2n) is 5.23. The van der Waals surface area contributed by atoms with Gasteiger partial charge in [0, 0.05) is 30.1 Å². The number of rotatable bonds is 3. The molecule has 1 atom stereocenters. The second kappa shape index (κ2) is 5.96. The molecule has 1 aliphatic rings. The van der Waals surface area contributed by atoms with Gasteiger partial charge in [0.15, 0.2) is 0 Å². The summed E-state index contributed by atoms with van der Waals surface area (Å²) in [5, 5.41) is 3.55. The number of nitrogens with one attached hydrogen (secondary N) is 1. The van der Waals surface area contributed by atoms with Crippen molar-refractivity contribution in [1.29, 1.82) is 0 Å². The maximum atomic E-state index is 13.8. The van der Waals surface area contributed by atoms with Crippen molar-refractivity contribution in [2.24, 2.45) is 0 Å². The van der Waals surface area contributed by atoms with Crippen molar-refractivity contribution in [2.75, 3.05) is 6.54 Å². The zero-order chi connectivity index (χ0) is 14.8. The summed E-state index contributed by atoms with van der Waals surface area (Å²) in [4.78, 5) is 12.6. The lowest BCUT2D eigenvalue weighted by molar-refractivity contribution is -0.120. The average Bonchev–Trinajstić information content (AvgIpc) is 2.50. The molecule has 0 spiro atoms. The van der Waals surface area contributed by atoms with Gasteiger partial charge in [-0.05, 0) is 23.3 Å². The summed E-state index contributed by atoms with van der Waals surface area (Å²) in [5.41, 5.74) is 2.45. The van der Waals surface area contributed by atoms with Gasteiger partial charge in [0.05, 0.1) is 5.92 Å². The number of benzene rings is 2. The van der Waals surface area contributed by atoms with Crippen LogP contribution >= 0.6 is 11.6 Å². The summed E-state index contributed by atoms with van der Waals surface area (Å²) in [7, 11) is 0. The van der Waals surface area contributed by atoms with Crippen LogP contribution < -0.4 is 5.32 Å². The summed E-state index contributed by atoms with van der Waals surface area (Å²) >= 11 is 6.00. The van der Waals surface area contributed by atoms with Crippen molar-refractivity contribution in [3.63, 3.8) is 0 Å². The number of ketones is 1. The van der Waals surface area contributed by atoms with Crippen molar-refractivity contribution < 1.29 is 9.18 Å². The highest BCUT2D eigenvalue weighted by Crippen LogP contribution is 2.27. The van der Waals surface area contributed by atoms with Gasteiger partial charge in [-0.2, -0.15) is 0 Å². The summed E-state index contributed by atoms with van der Waals surface area (Å²) in [6, 6.07) is 12.4. The van der Waals surface area contributed by atoms with E-state index in [1.54, 1.807) is 12.1 Å². The first kappa shape index (κ1) is 14.2. The van der Waals surface area contributed by atoms with Gasteiger partial charge in [0.25, 0.3) is 0 Å². The Morgan fingerprint density at radius 1 is 1.24 bits per heavy atom. The fraction of sp³-hybridized carbons (Fsp3) is 0.235. The molecule has 0 bridgehead atoms. The van der Waals surface area contributed by atoms with Crippen LogP contribution in [-0.2, 0) is 17.8 Å². The molecule has 21 heavy (non-hydrogen) atoms. The quantitative estimate of drug-likeness (QED) is 0.940. The van der Waals surface area contributed by atoms with Crippen LogP contribution in [0.4, 0.5) is 4.39 Å². The van der Waals surface area contributed by atoms with Crippen molar-refractivity contribution >= 4 is 17.4 Å². The fourth-order valence-corrected chi connectivity index (χ4v) is 3.01. The van der Waals surface area contributed by atoms with Crippen LogP contribution in [0.3, 0.4) is 0 Å². The van der Waals surface area contributed by atoms with E-state index in [9.17, 15) is 9.18 Å². The van der Waals surface area contributed by atoms with E-state index in [1.165, 1.54) is 6.07 Å². The zero-order valence-corrected chi connectivity index (χ0v) is 12.2. The number of hydrogen-bond acceptors (Lipinski definition) is 2. The number of carbonyl (C=O) groups is 1. The number of fused-ring (bicyclic) bond motifs is 1. The highest BCUT2D eigenvalue weighted by Gasteiger charge is 2.27. The van der Waals surface area contributed by atoms with Gasteiger partial charge in [-0.1, -0.05) is 41.9 Å². The van der Waals surface area contributed by atoms with Crippen LogP contribution in [0.15, 0.2) is 42.5 Å². The molecule has 0 fully saturated rings. The minimum atomic E-state index is -0.423. The third-order valence-electron chi connectivity index (χ3n) is 3.90. The van der Waals surface area contributed by atoms with Gasteiger partial charge in [-0.25, -0.2) is 4.39 Å². The van der Waals surface area contributed by atoms with E-state index in [0.29, 0.717) is 11.6 Å². The lowest BCUT2D eigenvalue weighted by Crippen LogP contribution is -2.33. The predicted octanol–water partition coefficient (Wildman–Crippen LogP) is 3.48. The minimum Gasteiger partial charge on any atom is -0.312 e. The van der Waals surface area contributed by atoms with Gasteiger partial charge in [0.2, 0.25) is 0 Å². The molecular weight excluding hydrogens is 289 g/mol. The van der Waals surface area contributed by atoms with Crippen LogP contribution in [0, 0.1) is 5.82 Å². The van der Waals surface area contributed by atoms with Crippen molar-refractivity contribution in [2.45, 2.75) is 18.9 Å². The molecule has 0 aliphatic carbocycles. The van der Waals surface area contributed by atoms with Crippen molar-refractivity contribution in [3.8, 4) is 0 Å². The Kier molecular flexibility index (Phi) is 4.04. The summed E-state index contributed by atoms with van der Waals surface area (Å²) in [5.74, 6) is -0.680. The van der Waals surface area contributed by atoms with Crippen LogP contribution in [0.2, 0.25) is 5.02 Å². The van der Waals surface area contributed by atoms with Crippen molar-refractivity contribution in [1.82, 2.24) is 5.32 Å². The Morgan fingerprint density at radius 2 is 2.05 bits per heavy atom. The topological polar surface area (TPSA) is 29.1 Å². The van der Waals surface area contributed by atoms with E-state index >= 15 is 0 Å². The molecule has 4 heteroatoms. The molecule has 1 N–H and O–H groups in total. The van der Waals surface area contributed by atoms with Gasteiger partial charge < -0.3 is 5.32 Å². The van der Waals surface area contributed by atoms with E-state index in [4.69, 9.17) is 11.6 Å². The number of halogens is 2. The zero-order valence-electron chi connectivity index (χ0n) is 11.4. The number of Topliss-reactive ketones (excluding diaryl/α,β-unsaturated/α-hetero) is 1. The smallest absolute Gasteiger partial charge is 0.146 e. The molecule has 0 radical (unpaired) electrons. The van der Waals surface area contributed by atoms with E-state index in [2.05, 4.69) is 5.32 Å². The lowest BCUT2D eigenvalue weighted by atomic mass is 9.85. The molecule has 1 unspecified atom stereocenters. The first-order valence-corrected chi connectivity index (χ1v) is 7.28. The molecule has 0 amide bonds. The molecule has 108 valence electrons. The SMILES string of the molecule is O=C(Cc1c(F)cccc1Cl)C1CNCc2ccccc21. The van der Waals surface area contributed by atoms with Gasteiger partial charge in [0.1, 0.15) is 11.6 Å². The predicted molar refractivity (Wildman–Crippen MR) is 81.0 cm³/mol. The summed E-state index contributed by atoms with van der Waals surface area (Å²) < 4.78 is 13.8. The Balaban J connectivity index is 1.87. The Labute approximate surface area is 127 Å². The average molecular weight is 304 g/mol. The standard InChI is InChI=1S/C17H15ClFNO/c18-15-6-3-7-16(19)13(15)8-17(21)14-10-20-9-11-4-1-2-5-12(11)14/h1-7,14,20H,8-10H2. The maximum Gasteiger partial charge on any atom is 0.146 e. The first-order chi connectivity index (χ1) is 10.2. The molecule has 1 heterocycles. The Hall–Kier alpha value is -1.71. The summed E-state index contributed by atoms with van der Waals surface area (Å²) in [6.45, 7) is 1.35. The van der Waals surface area contributed by atoms with Gasteiger partial charge in [-0.15, -0.1) is 0 Å². The molecule has 1 aliphatic heterocycles. The maximum absolute atomic E-state index is 13.8. The molecular formula is C17H15ClFNO. The third-order valence-corrected chi connectivity index (χ3v) is 4.25. The van der Waals surface area contributed by atoms with Gasteiger partial charge >= 0.3 is 0 Å². The van der Waals surface area contributed by atoms with Crippen LogP contribution in [0.25, 0.3) is 0 Å². The van der Waals surface area contributed by atoms with Crippen LogP contribution in [0.1, 0.15) is 22.6 Å². The van der Waals surface area contributed by atoms with E-state index < -0.39 is 5.82 Å². The molecule has 2 aromatic carbocycles. The van der Waals surface area contributed by atoms with Crippen molar-refractivity contribution in [3.05, 3.63) is 70.0 Å². The van der Waals surface area contributed by atoms with Crippen LogP contribution in [0.5, 0.6) is 0 Å². The molecule has 0 saturated heterocycles. The Bertz CT molecular complexity index is 666. The highest BCUT2D eigenvalue weighted by atomic mass is 35.5. The molecule has 3 rings (SSSR count). The Morgan fingerprint density at radius 3 is 2.86 bits per heavy atom. The molecule has 2 nitrogen and oxygen atoms in total. The third kappa shape index (κ3) is 2.85. The van der Waals surface area contributed by atoms with E-state index in [0.717, 1.165) is 17.7 Å². The minimum absolute atomic E-state index is 0.0124. The number of hydrogen-bond donors (Lipinski definition) is 1. The number of carbonyl (C=O) groups excluding carboxylic acids is 1. The molecule has 0 aromatic heterocycles. The fourth-order valence-electron chi connectivity index (χ4n) is 2.78. The molecule has 0 saturated carbocycles. The van der Waals surface area contributed by atoms with E-state index in [-0.39, 0.29) is 23.7 Å². The highest BCUT2D eigenvalue weighted by molar-refractivity contribution is 6.31. The van der Waals surface area contributed by atoms with E-state index in [1.807, 2.05) is 24.3 Å². The largest absolute Gasteiger partial charge is 0.312 e. The molecule has 2 aromatic rings. The second-order valence-corrected chi connectivity index (χ2v) is 5.63. The monoisotopic (exact) mass is 303 g/mol.